The van der Waals surface area contributed by atoms with E-state index >= 15 is 0 Å². The van der Waals surface area contributed by atoms with Crippen molar-refractivity contribution in [1.82, 2.24) is 15.1 Å². The number of amides is 1. The maximum absolute atomic E-state index is 12.1. The van der Waals surface area contributed by atoms with Crippen molar-refractivity contribution in [2.75, 3.05) is 66.7 Å². The lowest BCUT2D eigenvalue weighted by Crippen LogP contribution is -2.41. The first-order valence-electron chi connectivity index (χ1n) is 10.7. The standard InChI is InChI=1S/C21H42N4O4/c1-8-22-19(25-10-9-18(15-25)16-28-12-11-27-7)23-13-17(2)14-24(6)20(26)29-21(3,4)5/h17-18H,8-16H2,1-7H3,(H,22,23). The van der Waals surface area contributed by atoms with Crippen molar-refractivity contribution in [3.63, 3.8) is 0 Å². The minimum absolute atomic E-state index is 0.233. The Morgan fingerprint density at radius 1 is 1.34 bits per heavy atom. The smallest absolute Gasteiger partial charge is 0.410 e. The van der Waals surface area contributed by atoms with Crippen LogP contribution < -0.4 is 5.32 Å². The van der Waals surface area contributed by atoms with Crippen LogP contribution in [-0.4, -0.2) is 94.2 Å². The van der Waals surface area contributed by atoms with Gasteiger partial charge in [0.05, 0.1) is 19.8 Å². The minimum Gasteiger partial charge on any atom is -0.444 e. The van der Waals surface area contributed by atoms with E-state index in [-0.39, 0.29) is 12.0 Å². The molecule has 2 unspecified atom stereocenters. The summed E-state index contributed by atoms with van der Waals surface area (Å²) < 4.78 is 16.1. The second-order valence-corrected chi connectivity index (χ2v) is 8.83. The van der Waals surface area contributed by atoms with Crippen LogP contribution in [0.4, 0.5) is 4.79 Å². The Labute approximate surface area is 176 Å². The van der Waals surface area contributed by atoms with Crippen molar-refractivity contribution in [3.8, 4) is 0 Å². The van der Waals surface area contributed by atoms with E-state index in [0.717, 1.165) is 38.6 Å². The van der Waals surface area contributed by atoms with Crippen LogP contribution in [0.25, 0.3) is 0 Å². The van der Waals surface area contributed by atoms with Crippen molar-refractivity contribution in [2.24, 2.45) is 16.8 Å². The molecule has 1 heterocycles. The first kappa shape index (κ1) is 25.5. The van der Waals surface area contributed by atoms with E-state index in [1.165, 1.54) is 0 Å². The van der Waals surface area contributed by atoms with E-state index < -0.39 is 5.60 Å². The van der Waals surface area contributed by atoms with E-state index in [2.05, 4.69) is 24.1 Å². The zero-order valence-electron chi connectivity index (χ0n) is 19.5. The van der Waals surface area contributed by atoms with Crippen molar-refractivity contribution >= 4 is 12.1 Å². The Bertz CT molecular complexity index is 507. The molecule has 0 saturated carbocycles. The average Bonchev–Trinajstić information content (AvgIpc) is 3.09. The van der Waals surface area contributed by atoms with Gasteiger partial charge in [-0.3, -0.25) is 4.99 Å². The van der Waals surface area contributed by atoms with E-state index in [1.54, 1.807) is 19.1 Å². The molecule has 170 valence electrons. The highest BCUT2D eigenvalue weighted by Crippen LogP contribution is 2.17. The summed E-state index contributed by atoms with van der Waals surface area (Å²) in [4.78, 5) is 20.9. The summed E-state index contributed by atoms with van der Waals surface area (Å²) in [5, 5.41) is 3.39. The van der Waals surface area contributed by atoms with Gasteiger partial charge in [-0.25, -0.2) is 4.79 Å². The molecule has 29 heavy (non-hydrogen) atoms. The fourth-order valence-corrected chi connectivity index (χ4v) is 3.16. The minimum atomic E-state index is -0.482. The molecule has 0 spiro atoms. The fourth-order valence-electron chi connectivity index (χ4n) is 3.16. The maximum atomic E-state index is 12.1. The summed E-state index contributed by atoms with van der Waals surface area (Å²) in [6, 6.07) is 0. The van der Waals surface area contributed by atoms with Crippen LogP contribution in [0.15, 0.2) is 4.99 Å². The molecule has 0 aromatic heterocycles. The van der Waals surface area contributed by atoms with Gasteiger partial charge in [0, 0.05) is 52.8 Å². The van der Waals surface area contributed by atoms with Crippen LogP contribution in [0.3, 0.4) is 0 Å². The summed E-state index contributed by atoms with van der Waals surface area (Å²) in [7, 11) is 3.46. The number of likely N-dealkylation sites (tertiary alicyclic amines) is 1. The van der Waals surface area contributed by atoms with Gasteiger partial charge in [0.25, 0.3) is 0 Å². The summed E-state index contributed by atoms with van der Waals surface area (Å²) in [5.41, 5.74) is -0.482. The van der Waals surface area contributed by atoms with Crippen LogP contribution in [0.1, 0.15) is 41.0 Å². The Morgan fingerprint density at radius 2 is 2.07 bits per heavy atom. The molecule has 0 aromatic carbocycles. The number of carbonyl (C=O) groups is 1. The molecule has 1 rings (SSSR count). The molecule has 8 heteroatoms. The Balaban J connectivity index is 2.49. The molecule has 1 N–H and O–H groups in total. The zero-order valence-corrected chi connectivity index (χ0v) is 19.5. The molecule has 1 saturated heterocycles. The first-order chi connectivity index (χ1) is 13.7. The number of guanidine groups is 1. The lowest BCUT2D eigenvalue weighted by atomic mass is 10.1. The number of methoxy groups -OCH3 is 1. The first-order valence-corrected chi connectivity index (χ1v) is 10.7. The summed E-state index contributed by atoms with van der Waals surface area (Å²) >= 11 is 0. The number of nitrogens with zero attached hydrogens (tertiary/aromatic N) is 3. The molecule has 1 aliphatic rings. The van der Waals surface area contributed by atoms with Gasteiger partial charge in [0.2, 0.25) is 0 Å². The number of nitrogens with one attached hydrogen (secondary N) is 1. The molecule has 1 aliphatic heterocycles. The lowest BCUT2D eigenvalue weighted by molar-refractivity contribution is 0.0279. The third-order valence-corrected chi connectivity index (χ3v) is 4.55. The fraction of sp³-hybridized carbons (Fsp3) is 0.905. The van der Waals surface area contributed by atoms with E-state index in [1.807, 2.05) is 20.8 Å². The number of carbonyl (C=O) groups excluding carboxylic acids is 1. The third kappa shape index (κ3) is 10.7. The number of hydrogen-bond donors (Lipinski definition) is 1. The van der Waals surface area contributed by atoms with Gasteiger partial charge in [-0.05, 0) is 40.0 Å². The Kier molecular flexibility index (Phi) is 11.3. The second kappa shape index (κ2) is 12.9. The predicted molar refractivity (Wildman–Crippen MR) is 116 cm³/mol. The monoisotopic (exact) mass is 414 g/mol. The molecule has 0 aromatic rings. The SMILES string of the molecule is CCNC(=NCC(C)CN(C)C(=O)OC(C)(C)C)N1CCC(COCCOC)C1. The van der Waals surface area contributed by atoms with Gasteiger partial charge in [-0.2, -0.15) is 0 Å². The number of ether oxygens (including phenoxy) is 3. The number of hydrogen-bond acceptors (Lipinski definition) is 5. The second-order valence-electron chi connectivity index (χ2n) is 8.83. The molecule has 0 radical (unpaired) electrons. The summed E-state index contributed by atoms with van der Waals surface area (Å²) in [6.45, 7) is 15.9. The summed E-state index contributed by atoms with van der Waals surface area (Å²) in [6.07, 6.45) is 0.810. The number of rotatable bonds is 10. The predicted octanol–water partition coefficient (Wildman–Crippen LogP) is 2.44. The molecule has 2 atom stereocenters. The Hall–Kier alpha value is -1.54. The van der Waals surface area contributed by atoms with Crippen molar-refractivity contribution < 1.29 is 19.0 Å². The molecular formula is C21H42N4O4. The zero-order chi connectivity index (χ0) is 21.9. The lowest BCUT2D eigenvalue weighted by Gasteiger charge is -2.26. The summed E-state index contributed by atoms with van der Waals surface area (Å²) in [5.74, 6) is 1.70. The van der Waals surface area contributed by atoms with Crippen LogP contribution in [0.2, 0.25) is 0 Å². The largest absolute Gasteiger partial charge is 0.444 e. The van der Waals surface area contributed by atoms with Crippen LogP contribution >= 0.6 is 0 Å². The molecule has 0 bridgehead atoms. The van der Waals surface area contributed by atoms with Crippen LogP contribution in [0, 0.1) is 11.8 Å². The van der Waals surface area contributed by atoms with Gasteiger partial charge >= 0.3 is 6.09 Å². The van der Waals surface area contributed by atoms with Crippen molar-refractivity contribution in [1.29, 1.82) is 0 Å². The van der Waals surface area contributed by atoms with Crippen LogP contribution in [-0.2, 0) is 14.2 Å². The van der Waals surface area contributed by atoms with Gasteiger partial charge < -0.3 is 29.3 Å². The third-order valence-electron chi connectivity index (χ3n) is 4.55. The highest BCUT2D eigenvalue weighted by Gasteiger charge is 2.25. The van der Waals surface area contributed by atoms with Crippen LogP contribution in [0.5, 0.6) is 0 Å². The highest BCUT2D eigenvalue weighted by atomic mass is 16.6. The van der Waals surface area contributed by atoms with E-state index in [4.69, 9.17) is 19.2 Å². The van der Waals surface area contributed by atoms with Gasteiger partial charge in [0.1, 0.15) is 5.60 Å². The average molecular weight is 415 g/mol. The Morgan fingerprint density at radius 3 is 2.69 bits per heavy atom. The van der Waals surface area contributed by atoms with Crippen molar-refractivity contribution in [3.05, 3.63) is 0 Å². The molecule has 8 nitrogen and oxygen atoms in total. The number of aliphatic imine (C=N–C) groups is 1. The normalized spacial score (nSPS) is 18.7. The topological polar surface area (TPSA) is 75.6 Å². The quantitative estimate of drug-likeness (QED) is 0.336. The molecular weight excluding hydrogens is 372 g/mol. The molecule has 1 amide bonds. The molecule has 1 fully saturated rings. The van der Waals surface area contributed by atoms with Crippen molar-refractivity contribution in [2.45, 2.75) is 46.6 Å². The van der Waals surface area contributed by atoms with Gasteiger partial charge in [-0.1, -0.05) is 6.92 Å². The van der Waals surface area contributed by atoms with Gasteiger partial charge in [-0.15, -0.1) is 0 Å². The van der Waals surface area contributed by atoms with E-state index in [9.17, 15) is 4.79 Å². The highest BCUT2D eigenvalue weighted by molar-refractivity contribution is 5.80. The maximum Gasteiger partial charge on any atom is 0.410 e. The van der Waals surface area contributed by atoms with E-state index in [0.29, 0.717) is 32.2 Å². The molecule has 0 aliphatic carbocycles. The van der Waals surface area contributed by atoms with Gasteiger partial charge in [0.15, 0.2) is 5.96 Å².